The molecule has 0 heterocycles. The molecule has 1 atom stereocenters. The van der Waals surface area contributed by atoms with Crippen LogP contribution in [0.2, 0.25) is 0 Å². The second kappa shape index (κ2) is 4.19. The van der Waals surface area contributed by atoms with Crippen LogP contribution in [0.5, 0.6) is 0 Å². The van der Waals surface area contributed by atoms with Crippen LogP contribution >= 0.6 is 0 Å². The summed E-state index contributed by atoms with van der Waals surface area (Å²) in [6.45, 7) is 9.12. The van der Waals surface area contributed by atoms with Crippen molar-refractivity contribution in [2.45, 2.75) is 65.3 Å². The Morgan fingerprint density at radius 1 is 1.00 bits per heavy atom. The maximum absolute atomic E-state index is 5.77. The Balaban J connectivity index is 2.77. The lowest BCUT2D eigenvalue weighted by atomic mass is 9.63. The van der Waals surface area contributed by atoms with Gasteiger partial charge in [-0.3, -0.25) is 11.3 Å². The van der Waals surface area contributed by atoms with Crippen LogP contribution in [-0.2, 0) is 0 Å². The van der Waals surface area contributed by atoms with Gasteiger partial charge in [0.2, 0.25) is 0 Å². The fourth-order valence-electron chi connectivity index (χ4n) is 2.63. The standard InChI is InChI=1S/C12H26N2/c1-11(2,3)12(4,14-13)10-8-6-5-7-9-10/h10,14H,5-9,13H2,1-4H3. The molecule has 0 radical (unpaired) electrons. The Labute approximate surface area is 88.6 Å². The van der Waals surface area contributed by atoms with Gasteiger partial charge in [-0.25, -0.2) is 0 Å². The second-order valence-electron chi connectivity index (χ2n) is 5.93. The number of hydrogen-bond donors (Lipinski definition) is 2. The lowest BCUT2D eigenvalue weighted by Crippen LogP contribution is -2.60. The SMILES string of the molecule is CC(C)(C)C(C)(NN)C1CCCCC1. The molecule has 0 aliphatic heterocycles. The van der Waals surface area contributed by atoms with E-state index in [1.165, 1.54) is 32.1 Å². The minimum atomic E-state index is 0.0768. The van der Waals surface area contributed by atoms with E-state index < -0.39 is 0 Å². The number of nitrogens with two attached hydrogens (primary N) is 1. The summed E-state index contributed by atoms with van der Waals surface area (Å²) in [4.78, 5) is 0. The number of nitrogens with one attached hydrogen (secondary N) is 1. The molecule has 1 unspecified atom stereocenters. The average Bonchev–Trinajstić information content (AvgIpc) is 2.16. The van der Waals surface area contributed by atoms with Gasteiger partial charge in [0.1, 0.15) is 0 Å². The molecular weight excluding hydrogens is 172 g/mol. The monoisotopic (exact) mass is 198 g/mol. The Morgan fingerprint density at radius 3 is 1.86 bits per heavy atom. The quantitative estimate of drug-likeness (QED) is 0.529. The van der Waals surface area contributed by atoms with Crippen LogP contribution in [0.3, 0.4) is 0 Å². The molecule has 0 aromatic heterocycles. The molecule has 0 aromatic carbocycles. The third kappa shape index (κ3) is 2.12. The van der Waals surface area contributed by atoms with Crippen molar-refractivity contribution in [1.82, 2.24) is 5.43 Å². The van der Waals surface area contributed by atoms with Crippen LogP contribution in [-0.4, -0.2) is 5.54 Å². The fourth-order valence-corrected chi connectivity index (χ4v) is 2.63. The first kappa shape index (κ1) is 12.0. The van der Waals surface area contributed by atoms with Crippen molar-refractivity contribution in [2.24, 2.45) is 17.2 Å². The van der Waals surface area contributed by atoms with Crippen molar-refractivity contribution in [3.63, 3.8) is 0 Å². The molecule has 0 aromatic rings. The van der Waals surface area contributed by atoms with Gasteiger partial charge in [-0.1, -0.05) is 40.0 Å². The maximum atomic E-state index is 5.77. The number of rotatable bonds is 2. The summed E-state index contributed by atoms with van der Waals surface area (Å²) >= 11 is 0. The Bertz CT molecular complexity index is 177. The van der Waals surface area contributed by atoms with Gasteiger partial charge in [-0.2, -0.15) is 0 Å². The topological polar surface area (TPSA) is 38.0 Å². The van der Waals surface area contributed by atoms with E-state index in [0.29, 0.717) is 0 Å². The maximum Gasteiger partial charge on any atom is 0.0369 e. The number of hydrazine groups is 1. The molecule has 1 aliphatic rings. The van der Waals surface area contributed by atoms with Crippen molar-refractivity contribution < 1.29 is 0 Å². The average molecular weight is 198 g/mol. The third-order valence-corrected chi connectivity index (χ3v) is 4.28. The number of hydrogen-bond acceptors (Lipinski definition) is 2. The van der Waals surface area contributed by atoms with Gasteiger partial charge in [0.15, 0.2) is 0 Å². The second-order valence-corrected chi connectivity index (χ2v) is 5.93. The Kier molecular flexibility index (Phi) is 3.59. The molecule has 0 spiro atoms. The highest BCUT2D eigenvalue weighted by Crippen LogP contribution is 2.42. The molecule has 2 nitrogen and oxygen atoms in total. The zero-order valence-corrected chi connectivity index (χ0v) is 10.2. The summed E-state index contributed by atoms with van der Waals surface area (Å²) in [5, 5.41) is 0. The smallest absolute Gasteiger partial charge is 0.0369 e. The highest BCUT2D eigenvalue weighted by Gasteiger charge is 2.43. The molecule has 1 rings (SSSR count). The molecule has 2 heteroatoms. The summed E-state index contributed by atoms with van der Waals surface area (Å²) in [6, 6.07) is 0. The van der Waals surface area contributed by atoms with Crippen molar-refractivity contribution >= 4 is 0 Å². The van der Waals surface area contributed by atoms with Crippen LogP contribution in [0.25, 0.3) is 0 Å². The highest BCUT2D eigenvalue weighted by atomic mass is 15.3. The molecular formula is C12H26N2. The first-order valence-electron chi connectivity index (χ1n) is 5.89. The van der Waals surface area contributed by atoms with Crippen LogP contribution in [0.4, 0.5) is 0 Å². The van der Waals surface area contributed by atoms with Gasteiger partial charge < -0.3 is 0 Å². The molecule has 0 bridgehead atoms. The van der Waals surface area contributed by atoms with Crippen LogP contribution in [0.15, 0.2) is 0 Å². The van der Waals surface area contributed by atoms with E-state index in [1.54, 1.807) is 0 Å². The first-order valence-corrected chi connectivity index (χ1v) is 5.89. The highest BCUT2D eigenvalue weighted by molar-refractivity contribution is 4.98. The first-order chi connectivity index (χ1) is 6.42. The summed E-state index contributed by atoms with van der Waals surface area (Å²) < 4.78 is 0. The molecule has 3 N–H and O–H groups in total. The van der Waals surface area contributed by atoms with Gasteiger partial charge in [-0.15, -0.1) is 0 Å². The Hall–Kier alpha value is -0.0800. The van der Waals surface area contributed by atoms with E-state index >= 15 is 0 Å². The summed E-state index contributed by atoms with van der Waals surface area (Å²) in [5.41, 5.74) is 3.39. The fraction of sp³-hybridized carbons (Fsp3) is 1.00. The molecule has 1 saturated carbocycles. The van der Waals surface area contributed by atoms with Gasteiger partial charge in [0.05, 0.1) is 0 Å². The van der Waals surface area contributed by atoms with Crippen LogP contribution < -0.4 is 11.3 Å². The van der Waals surface area contributed by atoms with Gasteiger partial charge >= 0.3 is 0 Å². The van der Waals surface area contributed by atoms with Crippen molar-refractivity contribution in [1.29, 1.82) is 0 Å². The summed E-state index contributed by atoms with van der Waals surface area (Å²) in [5.74, 6) is 6.51. The van der Waals surface area contributed by atoms with Crippen LogP contribution in [0.1, 0.15) is 59.8 Å². The zero-order chi connectivity index (χ0) is 10.8. The van der Waals surface area contributed by atoms with E-state index in [0.717, 1.165) is 5.92 Å². The van der Waals surface area contributed by atoms with Crippen molar-refractivity contribution in [3.8, 4) is 0 Å². The predicted molar refractivity (Wildman–Crippen MR) is 61.8 cm³/mol. The van der Waals surface area contributed by atoms with Gasteiger partial charge in [-0.05, 0) is 31.1 Å². The van der Waals surface area contributed by atoms with E-state index in [1.807, 2.05) is 0 Å². The minimum absolute atomic E-state index is 0.0768. The lowest BCUT2D eigenvalue weighted by Gasteiger charge is -2.48. The minimum Gasteiger partial charge on any atom is -0.271 e. The molecule has 1 aliphatic carbocycles. The third-order valence-electron chi connectivity index (χ3n) is 4.28. The van der Waals surface area contributed by atoms with Crippen molar-refractivity contribution in [2.75, 3.05) is 0 Å². The normalized spacial score (nSPS) is 24.6. The summed E-state index contributed by atoms with van der Waals surface area (Å²) in [6.07, 6.45) is 6.81. The molecule has 14 heavy (non-hydrogen) atoms. The molecule has 1 fully saturated rings. The van der Waals surface area contributed by atoms with Crippen molar-refractivity contribution in [3.05, 3.63) is 0 Å². The molecule has 0 amide bonds. The Morgan fingerprint density at radius 2 is 1.50 bits per heavy atom. The molecule has 0 saturated heterocycles. The van der Waals surface area contributed by atoms with Gasteiger partial charge in [0, 0.05) is 5.54 Å². The van der Waals surface area contributed by atoms with E-state index in [4.69, 9.17) is 5.84 Å². The van der Waals surface area contributed by atoms with Gasteiger partial charge in [0.25, 0.3) is 0 Å². The van der Waals surface area contributed by atoms with Crippen LogP contribution in [0, 0.1) is 11.3 Å². The zero-order valence-electron chi connectivity index (χ0n) is 10.2. The largest absolute Gasteiger partial charge is 0.271 e. The summed E-state index contributed by atoms with van der Waals surface area (Å²) in [7, 11) is 0. The van der Waals surface area contributed by atoms with E-state index in [2.05, 4.69) is 33.1 Å². The molecule has 84 valence electrons. The van der Waals surface area contributed by atoms with E-state index in [-0.39, 0.29) is 11.0 Å². The lowest BCUT2D eigenvalue weighted by molar-refractivity contribution is 0.0623. The predicted octanol–water partition coefficient (Wildman–Crippen LogP) is 2.83. The van der Waals surface area contributed by atoms with E-state index in [9.17, 15) is 0 Å².